The summed E-state index contributed by atoms with van der Waals surface area (Å²) in [4.78, 5) is 20.1. The van der Waals surface area contributed by atoms with Gasteiger partial charge in [-0.25, -0.2) is 8.42 Å². The van der Waals surface area contributed by atoms with Crippen molar-refractivity contribution in [1.82, 2.24) is 9.97 Å². The number of nitrogens with zero attached hydrogens (tertiary/aromatic N) is 4. The van der Waals surface area contributed by atoms with Crippen LogP contribution in [0.1, 0.15) is 18.1 Å². The molecule has 1 amide bonds. The van der Waals surface area contributed by atoms with E-state index in [0.29, 0.717) is 6.07 Å². The number of rotatable bonds is 5. The van der Waals surface area contributed by atoms with Gasteiger partial charge >= 0.3 is 6.18 Å². The molecule has 1 aromatic heterocycles. The van der Waals surface area contributed by atoms with Gasteiger partial charge in [0.1, 0.15) is 17.7 Å². The van der Waals surface area contributed by atoms with Crippen molar-refractivity contribution in [3.63, 3.8) is 0 Å². The van der Waals surface area contributed by atoms with Crippen LogP contribution in [0, 0.1) is 11.3 Å². The van der Waals surface area contributed by atoms with Gasteiger partial charge in [-0.3, -0.25) is 4.79 Å². The van der Waals surface area contributed by atoms with Crippen LogP contribution in [0.3, 0.4) is 0 Å². The number of amides is 1. The van der Waals surface area contributed by atoms with Crippen LogP contribution in [0.25, 0.3) is 0 Å². The molecule has 13 heteroatoms. The number of carbonyl (C=O) groups is 1. The SMILES string of the molecule is C[C@@H](C(N)=O)N(c1cccc(C(F)(F)F)c1)c1nc(N)nc(S(C)(=O)=O)c1C#N. The maximum Gasteiger partial charge on any atom is 0.416 e. The highest BCUT2D eigenvalue weighted by Gasteiger charge is 2.34. The van der Waals surface area contributed by atoms with Gasteiger partial charge in [0.05, 0.1) is 5.56 Å². The molecular weight excluding hydrogens is 413 g/mol. The molecule has 4 N–H and O–H groups in total. The van der Waals surface area contributed by atoms with Crippen LogP contribution in [0.5, 0.6) is 0 Å². The third kappa shape index (κ3) is 4.54. The summed E-state index contributed by atoms with van der Waals surface area (Å²) >= 11 is 0. The molecule has 9 nitrogen and oxygen atoms in total. The van der Waals surface area contributed by atoms with E-state index in [9.17, 15) is 31.6 Å². The number of anilines is 3. The molecule has 0 fully saturated rings. The second kappa shape index (κ2) is 7.55. The first-order valence-electron chi connectivity index (χ1n) is 7.80. The third-order valence-corrected chi connectivity index (χ3v) is 4.81. The molecule has 0 radical (unpaired) electrons. The van der Waals surface area contributed by atoms with E-state index in [0.717, 1.165) is 23.3 Å². The Balaban J connectivity index is 2.89. The first-order valence-corrected chi connectivity index (χ1v) is 9.70. The number of carbonyl (C=O) groups excluding carboxylic acids is 1. The fraction of sp³-hybridized carbons (Fsp3) is 0.250. The number of benzene rings is 1. The molecule has 0 spiro atoms. The Morgan fingerprint density at radius 3 is 2.41 bits per heavy atom. The highest BCUT2D eigenvalue weighted by atomic mass is 32.2. The normalized spacial score (nSPS) is 12.8. The molecule has 0 unspecified atom stereocenters. The fourth-order valence-electron chi connectivity index (χ4n) is 2.47. The van der Waals surface area contributed by atoms with Gasteiger partial charge in [-0.2, -0.15) is 28.4 Å². The molecule has 0 aliphatic carbocycles. The lowest BCUT2D eigenvalue weighted by Crippen LogP contribution is -2.41. The minimum absolute atomic E-state index is 0.208. The summed E-state index contributed by atoms with van der Waals surface area (Å²) in [6, 6.07) is 4.10. The van der Waals surface area contributed by atoms with E-state index in [1.54, 1.807) is 6.07 Å². The Bertz CT molecular complexity index is 1110. The Morgan fingerprint density at radius 2 is 1.93 bits per heavy atom. The maximum atomic E-state index is 13.1. The second-order valence-electron chi connectivity index (χ2n) is 5.97. The molecule has 0 bridgehead atoms. The van der Waals surface area contributed by atoms with E-state index >= 15 is 0 Å². The third-order valence-electron chi connectivity index (χ3n) is 3.82. The first-order chi connectivity index (χ1) is 13.3. The number of primary amides is 1. The van der Waals surface area contributed by atoms with Crippen molar-refractivity contribution in [2.75, 3.05) is 16.9 Å². The standard InChI is InChI=1S/C16H15F3N6O3S/c1-8(12(21)26)25(10-5-3-4-9(6-10)16(17,18)19)13-11(7-20)14(29(2,27)28)24-15(22)23-13/h3-6,8H,1-2H3,(H2,21,26)(H2,22,23,24)/t8-/m0/s1. The highest BCUT2D eigenvalue weighted by molar-refractivity contribution is 7.90. The van der Waals surface area contributed by atoms with Gasteiger partial charge in [0.15, 0.2) is 20.7 Å². The first kappa shape index (κ1) is 21.9. The number of halogens is 3. The predicted octanol–water partition coefficient (Wildman–Crippen LogP) is 1.36. The van der Waals surface area contributed by atoms with Crippen molar-refractivity contribution in [3.05, 3.63) is 35.4 Å². The average molecular weight is 428 g/mol. The summed E-state index contributed by atoms with van der Waals surface area (Å²) in [6.45, 7) is 1.25. The number of sulfone groups is 1. The number of nitriles is 1. The largest absolute Gasteiger partial charge is 0.416 e. The van der Waals surface area contributed by atoms with Crippen LogP contribution < -0.4 is 16.4 Å². The molecule has 0 aliphatic rings. The van der Waals surface area contributed by atoms with E-state index in [1.807, 2.05) is 0 Å². The Kier molecular flexibility index (Phi) is 5.70. The van der Waals surface area contributed by atoms with Crippen molar-refractivity contribution < 1.29 is 26.4 Å². The van der Waals surface area contributed by atoms with Crippen molar-refractivity contribution in [2.45, 2.75) is 24.2 Å². The number of hydrogen-bond donors (Lipinski definition) is 2. The van der Waals surface area contributed by atoms with Crippen molar-refractivity contribution in [3.8, 4) is 6.07 Å². The zero-order valence-corrected chi connectivity index (χ0v) is 15.9. The molecule has 0 saturated heterocycles. The van der Waals surface area contributed by atoms with E-state index in [4.69, 9.17) is 11.5 Å². The van der Waals surface area contributed by atoms with Gasteiger partial charge in [0.2, 0.25) is 11.9 Å². The summed E-state index contributed by atoms with van der Waals surface area (Å²) in [5.41, 5.74) is 9.02. The Hall–Kier alpha value is -3.40. The predicted molar refractivity (Wildman–Crippen MR) is 96.5 cm³/mol. The van der Waals surface area contributed by atoms with Crippen molar-refractivity contribution in [2.24, 2.45) is 5.73 Å². The molecule has 1 aromatic carbocycles. The van der Waals surface area contributed by atoms with Crippen LogP contribution in [0.15, 0.2) is 29.3 Å². The summed E-state index contributed by atoms with van der Waals surface area (Å²) in [6.07, 6.45) is -3.93. The van der Waals surface area contributed by atoms with Crippen LogP contribution in [0.4, 0.5) is 30.6 Å². The Morgan fingerprint density at radius 1 is 1.31 bits per heavy atom. The summed E-state index contributed by atoms with van der Waals surface area (Å²) in [5, 5.41) is 8.77. The quantitative estimate of drug-likeness (QED) is 0.676. The van der Waals surface area contributed by atoms with Gasteiger partial charge in [-0.05, 0) is 25.1 Å². The van der Waals surface area contributed by atoms with Crippen LogP contribution in [-0.4, -0.2) is 36.6 Å². The van der Waals surface area contributed by atoms with Gasteiger partial charge in [-0.1, -0.05) is 6.07 Å². The smallest absolute Gasteiger partial charge is 0.368 e. The molecule has 0 saturated carbocycles. The minimum atomic E-state index is -4.70. The van der Waals surface area contributed by atoms with Crippen LogP contribution >= 0.6 is 0 Å². The number of hydrogen-bond acceptors (Lipinski definition) is 8. The van der Waals surface area contributed by atoms with E-state index in [2.05, 4.69) is 9.97 Å². The summed E-state index contributed by atoms with van der Waals surface area (Å²) < 4.78 is 63.4. The number of nitrogens with two attached hydrogens (primary N) is 2. The number of aromatic nitrogens is 2. The van der Waals surface area contributed by atoms with Crippen LogP contribution in [0.2, 0.25) is 0 Å². The molecule has 2 rings (SSSR count). The zero-order chi connectivity index (χ0) is 22.1. The molecule has 1 atom stereocenters. The van der Waals surface area contributed by atoms with Crippen LogP contribution in [-0.2, 0) is 20.8 Å². The van der Waals surface area contributed by atoms with Crippen molar-refractivity contribution in [1.29, 1.82) is 5.26 Å². The van der Waals surface area contributed by atoms with Crippen molar-refractivity contribution >= 4 is 33.2 Å². The fourth-order valence-corrected chi connectivity index (χ4v) is 3.24. The van der Waals surface area contributed by atoms with Gasteiger partial charge in [-0.15, -0.1) is 0 Å². The highest BCUT2D eigenvalue weighted by Crippen LogP contribution is 2.36. The topological polar surface area (TPSA) is 156 Å². The number of nitrogen functional groups attached to an aromatic ring is 1. The van der Waals surface area contributed by atoms with Gasteiger partial charge < -0.3 is 16.4 Å². The number of alkyl halides is 3. The average Bonchev–Trinajstić information content (AvgIpc) is 2.60. The second-order valence-corrected chi connectivity index (χ2v) is 7.90. The lowest BCUT2D eigenvalue weighted by Gasteiger charge is -2.30. The maximum absolute atomic E-state index is 13.1. The monoisotopic (exact) mass is 428 g/mol. The van der Waals surface area contributed by atoms with E-state index < -0.39 is 55.9 Å². The van der Waals surface area contributed by atoms with Gasteiger partial charge in [0.25, 0.3) is 0 Å². The lowest BCUT2D eigenvalue weighted by molar-refractivity contribution is -0.137. The molecular formula is C16H15F3N6O3S. The molecule has 0 aliphatic heterocycles. The zero-order valence-electron chi connectivity index (χ0n) is 15.1. The molecule has 2 aromatic rings. The summed E-state index contributed by atoms with van der Waals surface area (Å²) in [7, 11) is -4.06. The van der Waals surface area contributed by atoms with Gasteiger partial charge in [0, 0.05) is 11.9 Å². The summed E-state index contributed by atoms with van der Waals surface area (Å²) in [5.74, 6) is -2.00. The molecule has 1 heterocycles. The van der Waals surface area contributed by atoms with E-state index in [1.165, 1.54) is 13.0 Å². The lowest BCUT2D eigenvalue weighted by atomic mass is 10.1. The minimum Gasteiger partial charge on any atom is -0.368 e. The van der Waals surface area contributed by atoms with E-state index in [-0.39, 0.29) is 5.69 Å². The molecule has 29 heavy (non-hydrogen) atoms. The Labute approximate surface area is 163 Å². The molecule has 154 valence electrons.